The van der Waals surface area contributed by atoms with Gasteiger partial charge in [-0.3, -0.25) is 0 Å². The lowest BCUT2D eigenvalue weighted by Gasteiger charge is -2.21. The SMILES string of the molecule is c1ccc(-n2c3cccc(-c4cccc(-c5ccc6c7c(cccc57)-c5ccccc5S6)c4)c3c3c4ccccc4ccc32)cc1. The first kappa shape index (κ1) is 25.7. The van der Waals surface area contributed by atoms with Gasteiger partial charge in [-0.05, 0) is 92.0 Å². The highest BCUT2D eigenvalue weighted by Crippen LogP contribution is 2.50. The molecule has 0 aliphatic carbocycles. The van der Waals surface area contributed by atoms with Gasteiger partial charge in [0.1, 0.15) is 0 Å². The Hall–Kier alpha value is -5.57. The van der Waals surface area contributed by atoms with Crippen molar-refractivity contribution in [2.45, 2.75) is 9.79 Å². The Morgan fingerprint density at radius 2 is 1.07 bits per heavy atom. The predicted octanol–water partition coefficient (Wildman–Crippen LogP) is 12.6. The van der Waals surface area contributed by atoms with Crippen LogP contribution in [0.3, 0.4) is 0 Å². The first-order valence-electron chi connectivity index (χ1n) is 15.8. The largest absolute Gasteiger partial charge is 0.309 e. The number of para-hydroxylation sites is 1. The van der Waals surface area contributed by atoms with Gasteiger partial charge in [0.05, 0.1) is 11.0 Å². The van der Waals surface area contributed by atoms with E-state index in [-0.39, 0.29) is 0 Å². The maximum absolute atomic E-state index is 2.42. The topological polar surface area (TPSA) is 4.93 Å². The second-order valence-electron chi connectivity index (χ2n) is 12.1. The lowest BCUT2D eigenvalue weighted by Crippen LogP contribution is -1.94. The molecule has 2 heterocycles. The molecule has 0 radical (unpaired) electrons. The Bertz CT molecular complexity index is 2660. The summed E-state index contributed by atoms with van der Waals surface area (Å²) in [6, 6.07) is 60.2. The van der Waals surface area contributed by atoms with Crippen molar-refractivity contribution in [1.29, 1.82) is 0 Å². The van der Waals surface area contributed by atoms with E-state index in [0.717, 1.165) is 0 Å². The number of hydrogen-bond acceptors (Lipinski definition) is 1. The molecule has 214 valence electrons. The fourth-order valence-electron chi connectivity index (χ4n) is 7.61. The molecular weight excluding hydrogens is 575 g/mol. The molecule has 0 atom stereocenters. The van der Waals surface area contributed by atoms with Crippen LogP contribution in [0.4, 0.5) is 0 Å². The van der Waals surface area contributed by atoms with E-state index in [1.807, 2.05) is 11.8 Å². The highest BCUT2D eigenvalue weighted by atomic mass is 32.2. The summed E-state index contributed by atoms with van der Waals surface area (Å²) in [6.45, 7) is 0. The van der Waals surface area contributed by atoms with E-state index < -0.39 is 0 Å². The molecule has 9 aromatic rings. The molecular formula is C44H27NS. The molecule has 0 bridgehead atoms. The summed E-state index contributed by atoms with van der Waals surface area (Å²) in [5.74, 6) is 0. The van der Waals surface area contributed by atoms with Crippen molar-refractivity contribution >= 4 is 55.1 Å². The third-order valence-corrected chi connectivity index (χ3v) is 10.7. The van der Waals surface area contributed by atoms with Crippen LogP contribution in [-0.4, -0.2) is 4.57 Å². The smallest absolute Gasteiger partial charge is 0.0547 e. The maximum atomic E-state index is 2.42. The average Bonchev–Trinajstić information content (AvgIpc) is 3.47. The standard InChI is InChI=1S/C44H27NS/c1-2-14-31(15-3-1)45-38-21-10-18-34(44(38)43-33-16-5-4-11-28(33)23-25-39(43)45)30-13-8-12-29(27-30)32-24-26-41-42-36(32)19-9-20-37(42)35-17-6-7-22-40(35)46-41/h1-27H. The molecule has 1 nitrogen and oxygen atoms in total. The van der Waals surface area contributed by atoms with Crippen LogP contribution in [0.1, 0.15) is 0 Å². The van der Waals surface area contributed by atoms with Crippen LogP contribution < -0.4 is 0 Å². The van der Waals surface area contributed by atoms with Crippen molar-refractivity contribution in [3.8, 4) is 39.1 Å². The first-order chi connectivity index (χ1) is 22.8. The van der Waals surface area contributed by atoms with E-state index >= 15 is 0 Å². The highest BCUT2D eigenvalue weighted by Gasteiger charge is 2.21. The van der Waals surface area contributed by atoms with E-state index in [0.29, 0.717) is 0 Å². The quantitative estimate of drug-likeness (QED) is 0.195. The molecule has 10 rings (SSSR count). The molecule has 0 fully saturated rings. The summed E-state index contributed by atoms with van der Waals surface area (Å²) in [4.78, 5) is 2.65. The summed E-state index contributed by atoms with van der Waals surface area (Å²) < 4.78 is 2.42. The van der Waals surface area contributed by atoms with Crippen LogP contribution in [0.15, 0.2) is 174 Å². The fourth-order valence-corrected chi connectivity index (χ4v) is 8.74. The van der Waals surface area contributed by atoms with Crippen molar-refractivity contribution < 1.29 is 0 Å². The average molecular weight is 602 g/mol. The lowest BCUT2D eigenvalue weighted by atomic mass is 9.90. The van der Waals surface area contributed by atoms with Gasteiger partial charge in [0.15, 0.2) is 0 Å². The Labute approximate surface area is 271 Å². The van der Waals surface area contributed by atoms with Crippen LogP contribution in [-0.2, 0) is 0 Å². The Balaban J connectivity index is 1.23. The lowest BCUT2D eigenvalue weighted by molar-refractivity contribution is 1.18. The van der Waals surface area contributed by atoms with Gasteiger partial charge in [0.2, 0.25) is 0 Å². The zero-order valence-electron chi connectivity index (χ0n) is 24.9. The van der Waals surface area contributed by atoms with Crippen molar-refractivity contribution in [3.63, 3.8) is 0 Å². The zero-order valence-corrected chi connectivity index (χ0v) is 25.8. The molecule has 0 N–H and O–H groups in total. The van der Waals surface area contributed by atoms with Gasteiger partial charge in [-0.15, -0.1) is 0 Å². The molecule has 0 saturated heterocycles. The number of rotatable bonds is 3. The molecule has 1 aliphatic heterocycles. The number of aromatic nitrogens is 1. The van der Waals surface area contributed by atoms with Crippen LogP contribution in [0.2, 0.25) is 0 Å². The van der Waals surface area contributed by atoms with E-state index in [4.69, 9.17) is 0 Å². The van der Waals surface area contributed by atoms with E-state index in [1.54, 1.807) is 0 Å². The molecule has 1 aromatic heterocycles. The minimum absolute atomic E-state index is 1.17. The van der Waals surface area contributed by atoms with Gasteiger partial charge >= 0.3 is 0 Å². The van der Waals surface area contributed by atoms with E-state index in [9.17, 15) is 0 Å². The van der Waals surface area contributed by atoms with Gasteiger partial charge < -0.3 is 4.57 Å². The molecule has 8 aromatic carbocycles. The van der Waals surface area contributed by atoms with Crippen molar-refractivity contribution in [2.24, 2.45) is 0 Å². The summed E-state index contributed by atoms with van der Waals surface area (Å²) >= 11 is 1.88. The Kier molecular flexibility index (Phi) is 5.58. The van der Waals surface area contributed by atoms with Crippen molar-refractivity contribution in [3.05, 3.63) is 164 Å². The van der Waals surface area contributed by atoms with Crippen LogP contribution in [0.5, 0.6) is 0 Å². The number of fused-ring (bicyclic) bond motifs is 7. The summed E-state index contributed by atoms with van der Waals surface area (Å²) in [5.41, 5.74) is 11.3. The minimum Gasteiger partial charge on any atom is -0.309 e. The number of nitrogens with zero attached hydrogens (tertiary/aromatic N) is 1. The van der Waals surface area contributed by atoms with Gasteiger partial charge in [-0.1, -0.05) is 133 Å². The van der Waals surface area contributed by atoms with Gasteiger partial charge in [0.25, 0.3) is 0 Å². The van der Waals surface area contributed by atoms with Crippen molar-refractivity contribution in [2.75, 3.05) is 0 Å². The zero-order chi connectivity index (χ0) is 30.2. The second kappa shape index (κ2) is 9.97. The molecule has 0 unspecified atom stereocenters. The third kappa shape index (κ3) is 3.71. The van der Waals surface area contributed by atoms with E-state index in [2.05, 4.69) is 168 Å². The summed E-state index contributed by atoms with van der Waals surface area (Å²) in [6.07, 6.45) is 0. The van der Waals surface area contributed by atoms with Crippen LogP contribution >= 0.6 is 11.8 Å². The van der Waals surface area contributed by atoms with Crippen LogP contribution in [0.25, 0.3) is 82.4 Å². The van der Waals surface area contributed by atoms with Gasteiger partial charge in [0, 0.05) is 31.6 Å². The summed E-state index contributed by atoms with van der Waals surface area (Å²) in [7, 11) is 0. The Morgan fingerprint density at radius 3 is 2.00 bits per heavy atom. The molecule has 2 heteroatoms. The Morgan fingerprint density at radius 1 is 0.370 bits per heavy atom. The first-order valence-corrected chi connectivity index (χ1v) is 16.6. The molecule has 0 spiro atoms. The van der Waals surface area contributed by atoms with Crippen molar-refractivity contribution in [1.82, 2.24) is 4.57 Å². The second-order valence-corrected chi connectivity index (χ2v) is 13.2. The van der Waals surface area contributed by atoms with E-state index in [1.165, 1.54) is 92.2 Å². The summed E-state index contributed by atoms with van der Waals surface area (Å²) in [5, 5.41) is 7.79. The fraction of sp³-hybridized carbons (Fsp3) is 0. The van der Waals surface area contributed by atoms with Gasteiger partial charge in [-0.2, -0.15) is 0 Å². The highest BCUT2D eigenvalue weighted by molar-refractivity contribution is 7.99. The van der Waals surface area contributed by atoms with Crippen LogP contribution in [0, 0.1) is 0 Å². The minimum atomic E-state index is 1.17. The maximum Gasteiger partial charge on any atom is 0.0547 e. The number of benzene rings is 8. The normalized spacial score (nSPS) is 12.3. The third-order valence-electron chi connectivity index (χ3n) is 9.58. The predicted molar refractivity (Wildman–Crippen MR) is 196 cm³/mol. The van der Waals surface area contributed by atoms with Gasteiger partial charge in [-0.25, -0.2) is 0 Å². The molecule has 1 aliphatic rings. The molecule has 0 saturated carbocycles. The molecule has 46 heavy (non-hydrogen) atoms. The number of hydrogen-bond donors (Lipinski definition) is 0. The monoisotopic (exact) mass is 601 g/mol. The molecule has 0 amide bonds.